The topological polar surface area (TPSA) is 26.3 Å². The molecule has 0 aliphatic carbocycles. The van der Waals surface area contributed by atoms with Crippen LogP contribution >= 0.6 is 11.8 Å². The molecule has 1 fully saturated rings. The second-order valence-electron chi connectivity index (χ2n) is 3.39. The van der Waals surface area contributed by atoms with E-state index >= 15 is 0 Å². The van der Waals surface area contributed by atoms with Crippen molar-refractivity contribution >= 4 is 18.0 Å². The molecule has 2 atom stereocenters. The highest BCUT2D eigenvalue weighted by Crippen LogP contribution is 2.40. The van der Waals surface area contributed by atoms with Crippen LogP contribution in [0, 0.1) is 0 Å². The molecule has 0 N–H and O–H groups in total. The van der Waals surface area contributed by atoms with E-state index in [0.717, 1.165) is 24.9 Å². The van der Waals surface area contributed by atoms with Crippen LogP contribution in [0.2, 0.25) is 0 Å². The van der Waals surface area contributed by atoms with Crippen LogP contribution in [-0.4, -0.2) is 30.0 Å². The average Bonchev–Trinajstić information content (AvgIpc) is 2.54. The Morgan fingerprint density at radius 1 is 1.75 bits per heavy atom. The Morgan fingerprint density at radius 2 is 2.50 bits per heavy atom. The summed E-state index contributed by atoms with van der Waals surface area (Å²) in [5.74, 6) is 1.12. The fourth-order valence-corrected chi connectivity index (χ4v) is 3.00. The van der Waals surface area contributed by atoms with Crippen LogP contribution in [0.25, 0.3) is 0 Å². The minimum Gasteiger partial charge on any atom is -0.382 e. The summed E-state index contributed by atoms with van der Waals surface area (Å²) in [4.78, 5) is 10.9. The Hall–Kier alpha value is -0.0200. The molecule has 12 heavy (non-hydrogen) atoms. The maximum atomic E-state index is 10.9. The van der Waals surface area contributed by atoms with Gasteiger partial charge in [-0.2, -0.15) is 0 Å². The van der Waals surface area contributed by atoms with Gasteiger partial charge in [-0.15, -0.1) is 11.8 Å². The van der Waals surface area contributed by atoms with Crippen LogP contribution in [0.4, 0.5) is 0 Å². The van der Waals surface area contributed by atoms with Gasteiger partial charge in [0.25, 0.3) is 0 Å². The maximum Gasteiger partial charge on any atom is 0.136 e. The van der Waals surface area contributed by atoms with Gasteiger partial charge in [0.05, 0.1) is 10.9 Å². The summed E-state index contributed by atoms with van der Waals surface area (Å²) < 4.78 is 5.04. The SMILES string of the molecule is COC(C)CC1(C=O)CCCS1. The smallest absolute Gasteiger partial charge is 0.136 e. The first kappa shape index (κ1) is 10.1. The molecule has 0 bridgehead atoms. The summed E-state index contributed by atoms with van der Waals surface area (Å²) in [6.45, 7) is 2.02. The molecular formula is C9H16O2S. The van der Waals surface area contributed by atoms with E-state index in [4.69, 9.17) is 4.74 Å². The normalized spacial score (nSPS) is 31.8. The Labute approximate surface area is 78.1 Å². The zero-order valence-electron chi connectivity index (χ0n) is 7.71. The minimum atomic E-state index is -0.130. The molecule has 1 rings (SSSR count). The molecule has 1 aliphatic rings. The quantitative estimate of drug-likeness (QED) is 0.630. The molecular weight excluding hydrogens is 172 g/mol. The first-order valence-electron chi connectivity index (χ1n) is 4.35. The van der Waals surface area contributed by atoms with Crippen LogP contribution in [0.5, 0.6) is 0 Å². The molecule has 0 aromatic rings. The number of aldehydes is 1. The molecule has 0 aromatic heterocycles. The molecule has 0 saturated carbocycles. The Bertz CT molecular complexity index is 153. The average molecular weight is 188 g/mol. The molecule has 1 saturated heterocycles. The standard InChI is InChI=1S/C9H16O2S/c1-8(11-2)6-9(7-10)4-3-5-12-9/h7-8H,3-6H2,1-2H3. The minimum absolute atomic E-state index is 0.130. The predicted molar refractivity (Wildman–Crippen MR) is 51.6 cm³/mol. The highest BCUT2D eigenvalue weighted by Gasteiger charge is 2.35. The number of carbonyl (C=O) groups excluding carboxylic acids is 1. The molecule has 3 heteroatoms. The van der Waals surface area contributed by atoms with Crippen molar-refractivity contribution in [2.24, 2.45) is 0 Å². The predicted octanol–water partition coefficient (Wildman–Crippen LogP) is 1.88. The van der Waals surface area contributed by atoms with Gasteiger partial charge in [-0.1, -0.05) is 0 Å². The zero-order chi connectivity index (χ0) is 9.03. The van der Waals surface area contributed by atoms with E-state index in [-0.39, 0.29) is 10.9 Å². The second-order valence-corrected chi connectivity index (χ2v) is 4.90. The molecule has 0 aromatic carbocycles. The van der Waals surface area contributed by atoms with E-state index in [1.807, 2.05) is 6.92 Å². The number of carbonyl (C=O) groups is 1. The van der Waals surface area contributed by atoms with Crippen molar-refractivity contribution in [2.75, 3.05) is 12.9 Å². The van der Waals surface area contributed by atoms with Crippen LogP contribution in [0.1, 0.15) is 26.2 Å². The Morgan fingerprint density at radius 3 is 2.92 bits per heavy atom. The van der Waals surface area contributed by atoms with Gasteiger partial charge in [0, 0.05) is 7.11 Å². The number of rotatable bonds is 4. The largest absolute Gasteiger partial charge is 0.382 e. The van der Waals surface area contributed by atoms with Crippen LogP contribution in [-0.2, 0) is 9.53 Å². The lowest BCUT2D eigenvalue weighted by molar-refractivity contribution is -0.110. The van der Waals surface area contributed by atoms with Crippen LogP contribution < -0.4 is 0 Å². The molecule has 1 heterocycles. The lowest BCUT2D eigenvalue weighted by Crippen LogP contribution is -2.28. The van der Waals surface area contributed by atoms with E-state index in [0.29, 0.717) is 0 Å². The van der Waals surface area contributed by atoms with E-state index in [9.17, 15) is 4.79 Å². The van der Waals surface area contributed by atoms with Gasteiger partial charge >= 0.3 is 0 Å². The summed E-state index contributed by atoms with van der Waals surface area (Å²) in [6.07, 6.45) is 4.35. The third-order valence-corrected chi connectivity index (χ3v) is 3.92. The summed E-state index contributed by atoms with van der Waals surface area (Å²) in [5, 5.41) is 0. The van der Waals surface area contributed by atoms with Gasteiger partial charge < -0.3 is 9.53 Å². The van der Waals surface area contributed by atoms with Gasteiger partial charge in [-0.3, -0.25) is 0 Å². The highest BCUT2D eigenvalue weighted by atomic mass is 32.2. The molecule has 0 radical (unpaired) electrons. The zero-order valence-corrected chi connectivity index (χ0v) is 8.52. The Kier molecular flexibility index (Phi) is 3.59. The van der Waals surface area contributed by atoms with Crippen LogP contribution in [0.15, 0.2) is 0 Å². The van der Waals surface area contributed by atoms with E-state index in [1.165, 1.54) is 6.42 Å². The van der Waals surface area contributed by atoms with Gasteiger partial charge in [-0.25, -0.2) is 0 Å². The van der Waals surface area contributed by atoms with Crippen molar-refractivity contribution < 1.29 is 9.53 Å². The monoisotopic (exact) mass is 188 g/mol. The number of ether oxygens (including phenoxy) is 1. The van der Waals surface area contributed by atoms with Crippen molar-refractivity contribution in [1.82, 2.24) is 0 Å². The number of thioether (sulfide) groups is 1. The van der Waals surface area contributed by atoms with E-state index < -0.39 is 0 Å². The third-order valence-electron chi connectivity index (χ3n) is 2.38. The molecule has 2 nitrogen and oxygen atoms in total. The number of hydrogen-bond donors (Lipinski definition) is 0. The lowest BCUT2D eigenvalue weighted by Gasteiger charge is -2.23. The third kappa shape index (κ3) is 2.23. The lowest BCUT2D eigenvalue weighted by atomic mass is 9.98. The maximum absolute atomic E-state index is 10.9. The van der Waals surface area contributed by atoms with Crippen molar-refractivity contribution in [3.8, 4) is 0 Å². The summed E-state index contributed by atoms with van der Waals surface area (Å²) in [5.41, 5.74) is 0. The van der Waals surface area contributed by atoms with Gasteiger partial charge in [0.15, 0.2) is 0 Å². The second kappa shape index (κ2) is 4.28. The summed E-state index contributed by atoms with van der Waals surface area (Å²) >= 11 is 1.79. The molecule has 2 unspecified atom stereocenters. The summed E-state index contributed by atoms with van der Waals surface area (Å²) in [7, 11) is 1.70. The van der Waals surface area contributed by atoms with Gasteiger partial charge in [-0.05, 0) is 31.9 Å². The van der Waals surface area contributed by atoms with Crippen molar-refractivity contribution in [3.05, 3.63) is 0 Å². The van der Waals surface area contributed by atoms with Crippen molar-refractivity contribution in [1.29, 1.82) is 0 Å². The van der Waals surface area contributed by atoms with E-state index in [2.05, 4.69) is 0 Å². The molecule has 70 valence electrons. The highest BCUT2D eigenvalue weighted by molar-refractivity contribution is 8.01. The number of methoxy groups -OCH3 is 1. The number of hydrogen-bond acceptors (Lipinski definition) is 3. The van der Waals surface area contributed by atoms with Crippen LogP contribution in [0.3, 0.4) is 0 Å². The fourth-order valence-electron chi connectivity index (χ4n) is 1.59. The Balaban J connectivity index is 2.49. The first-order chi connectivity index (χ1) is 5.72. The fraction of sp³-hybridized carbons (Fsp3) is 0.889. The molecule has 0 spiro atoms. The van der Waals surface area contributed by atoms with Gasteiger partial charge in [0.2, 0.25) is 0 Å². The molecule has 1 aliphatic heterocycles. The molecule has 0 amide bonds. The van der Waals surface area contributed by atoms with Crippen molar-refractivity contribution in [2.45, 2.75) is 37.0 Å². The first-order valence-corrected chi connectivity index (χ1v) is 5.34. The van der Waals surface area contributed by atoms with E-state index in [1.54, 1.807) is 18.9 Å². The summed E-state index contributed by atoms with van der Waals surface area (Å²) in [6, 6.07) is 0. The van der Waals surface area contributed by atoms with Gasteiger partial charge in [0.1, 0.15) is 6.29 Å². The van der Waals surface area contributed by atoms with Crippen molar-refractivity contribution in [3.63, 3.8) is 0 Å².